The van der Waals surface area contributed by atoms with Gasteiger partial charge in [0.1, 0.15) is 0 Å². The predicted octanol–water partition coefficient (Wildman–Crippen LogP) is 2.17. The van der Waals surface area contributed by atoms with Crippen LogP contribution in [0.15, 0.2) is 0 Å². The molecule has 0 saturated heterocycles. The maximum atomic E-state index is 5.77. The second kappa shape index (κ2) is 4.83. The molecule has 0 aliphatic carbocycles. The Morgan fingerprint density at radius 2 is 1.75 bits per heavy atom. The Kier molecular flexibility index (Phi) is 4.80. The fourth-order valence-corrected chi connectivity index (χ4v) is 1.61. The van der Waals surface area contributed by atoms with Gasteiger partial charge < -0.3 is 10.5 Å². The van der Waals surface area contributed by atoms with E-state index in [9.17, 15) is 0 Å². The van der Waals surface area contributed by atoms with E-state index in [1.807, 2.05) is 13.8 Å². The van der Waals surface area contributed by atoms with Crippen molar-refractivity contribution < 1.29 is 4.74 Å². The summed E-state index contributed by atoms with van der Waals surface area (Å²) in [6.45, 7) is 11.2. The Hall–Kier alpha value is -0.0800. The molecule has 0 rings (SSSR count). The lowest BCUT2D eigenvalue weighted by atomic mass is 9.94. The van der Waals surface area contributed by atoms with Gasteiger partial charge in [-0.15, -0.1) is 0 Å². The average molecular weight is 173 g/mol. The monoisotopic (exact) mass is 173 g/mol. The van der Waals surface area contributed by atoms with Gasteiger partial charge in [-0.25, -0.2) is 0 Å². The minimum absolute atomic E-state index is 0.137. The molecule has 2 N–H and O–H groups in total. The molecule has 74 valence electrons. The van der Waals surface area contributed by atoms with Gasteiger partial charge in [0.05, 0.1) is 11.7 Å². The summed E-state index contributed by atoms with van der Waals surface area (Å²) in [7, 11) is 0. The standard InChI is InChI=1S/C10H23NO/c1-8(2)6-10(5,7-11)12-9(3)4/h8-9H,6-7,11H2,1-5H3. The zero-order chi connectivity index (χ0) is 9.78. The molecule has 0 aromatic carbocycles. The van der Waals surface area contributed by atoms with Gasteiger partial charge in [0.2, 0.25) is 0 Å². The van der Waals surface area contributed by atoms with E-state index in [-0.39, 0.29) is 11.7 Å². The Morgan fingerprint density at radius 3 is 2.00 bits per heavy atom. The number of hydrogen-bond donors (Lipinski definition) is 1. The molecule has 0 fully saturated rings. The van der Waals surface area contributed by atoms with Crippen molar-refractivity contribution in [3.05, 3.63) is 0 Å². The number of ether oxygens (including phenoxy) is 1. The highest BCUT2D eigenvalue weighted by Gasteiger charge is 2.25. The van der Waals surface area contributed by atoms with Gasteiger partial charge in [-0.05, 0) is 33.1 Å². The third-order valence-corrected chi connectivity index (χ3v) is 1.79. The van der Waals surface area contributed by atoms with Crippen LogP contribution < -0.4 is 5.73 Å². The van der Waals surface area contributed by atoms with E-state index in [1.165, 1.54) is 0 Å². The van der Waals surface area contributed by atoms with Gasteiger partial charge in [0.15, 0.2) is 0 Å². The molecule has 0 aromatic heterocycles. The fourth-order valence-electron chi connectivity index (χ4n) is 1.61. The molecule has 0 amide bonds. The Morgan fingerprint density at radius 1 is 1.25 bits per heavy atom. The van der Waals surface area contributed by atoms with Crippen molar-refractivity contribution >= 4 is 0 Å². The molecule has 0 bridgehead atoms. The first-order chi connectivity index (χ1) is 5.39. The second-order valence-electron chi connectivity index (χ2n) is 4.42. The molecule has 12 heavy (non-hydrogen) atoms. The van der Waals surface area contributed by atoms with Crippen molar-refractivity contribution in [3.63, 3.8) is 0 Å². The lowest BCUT2D eigenvalue weighted by molar-refractivity contribution is -0.0729. The molecular weight excluding hydrogens is 150 g/mol. The van der Waals surface area contributed by atoms with Crippen LogP contribution in [0.4, 0.5) is 0 Å². The first-order valence-corrected chi connectivity index (χ1v) is 4.77. The summed E-state index contributed by atoms with van der Waals surface area (Å²) in [6, 6.07) is 0. The maximum absolute atomic E-state index is 5.77. The van der Waals surface area contributed by atoms with Crippen molar-refractivity contribution in [3.8, 4) is 0 Å². The van der Waals surface area contributed by atoms with Crippen LogP contribution >= 0.6 is 0 Å². The van der Waals surface area contributed by atoms with E-state index < -0.39 is 0 Å². The van der Waals surface area contributed by atoms with Gasteiger partial charge in [0.25, 0.3) is 0 Å². The molecule has 1 unspecified atom stereocenters. The summed E-state index contributed by atoms with van der Waals surface area (Å²) in [6.07, 6.45) is 1.29. The SMILES string of the molecule is CC(C)CC(C)(CN)OC(C)C. The topological polar surface area (TPSA) is 35.2 Å². The van der Waals surface area contributed by atoms with Crippen molar-refractivity contribution in [1.29, 1.82) is 0 Å². The second-order valence-corrected chi connectivity index (χ2v) is 4.42. The van der Waals surface area contributed by atoms with Gasteiger partial charge in [-0.1, -0.05) is 13.8 Å². The van der Waals surface area contributed by atoms with Crippen LogP contribution in [0.2, 0.25) is 0 Å². The lowest BCUT2D eigenvalue weighted by Gasteiger charge is -2.32. The fraction of sp³-hybridized carbons (Fsp3) is 1.00. The van der Waals surface area contributed by atoms with Crippen molar-refractivity contribution in [2.75, 3.05) is 6.54 Å². The van der Waals surface area contributed by atoms with Gasteiger partial charge in [-0.3, -0.25) is 0 Å². The highest BCUT2D eigenvalue weighted by molar-refractivity contribution is 4.78. The van der Waals surface area contributed by atoms with E-state index >= 15 is 0 Å². The van der Waals surface area contributed by atoms with E-state index in [0.29, 0.717) is 12.5 Å². The zero-order valence-corrected chi connectivity index (χ0v) is 9.05. The predicted molar refractivity (Wildman–Crippen MR) is 53.1 cm³/mol. The summed E-state index contributed by atoms with van der Waals surface area (Å²) >= 11 is 0. The van der Waals surface area contributed by atoms with Gasteiger partial charge >= 0.3 is 0 Å². The van der Waals surface area contributed by atoms with Crippen molar-refractivity contribution in [1.82, 2.24) is 0 Å². The Labute approximate surface area is 76.5 Å². The lowest BCUT2D eigenvalue weighted by Crippen LogP contribution is -2.40. The summed E-state index contributed by atoms with van der Waals surface area (Å²) < 4.78 is 5.77. The highest BCUT2D eigenvalue weighted by Crippen LogP contribution is 2.21. The summed E-state index contributed by atoms with van der Waals surface area (Å²) in [5.74, 6) is 0.636. The number of nitrogens with two attached hydrogens (primary N) is 1. The van der Waals surface area contributed by atoms with E-state index in [1.54, 1.807) is 0 Å². The van der Waals surface area contributed by atoms with E-state index in [2.05, 4.69) is 20.8 Å². The molecule has 1 atom stereocenters. The van der Waals surface area contributed by atoms with Crippen LogP contribution in [-0.2, 0) is 4.74 Å². The minimum atomic E-state index is -0.137. The largest absolute Gasteiger partial charge is 0.371 e. The summed E-state index contributed by atoms with van der Waals surface area (Å²) in [5, 5.41) is 0. The van der Waals surface area contributed by atoms with E-state index in [4.69, 9.17) is 10.5 Å². The van der Waals surface area contributed by atoms with Gasteiger partial charge in [0, 0.05) is 6.54 Å². The van der Waals surface area contributed by atoms with Crippen LogP contribution in [0.3, 0.4) is 0 Å². The van der Waals surface area contributed by atoms with Crippen molar-refractivity contribution in [2.45, 2.75) is 52.7 Å². The molecule has 0 spiro atoms. The highest BCUT2D eigenvalue weighted by atomic mass is 16.5. The van der Waals surface area contributed by atoms with Crippen LogP contribution in [0.1, 0.15) is 41.0 Å². The third kappa shape index (κ3) is 4.73. The maximum Gasteiger partial charge on any atom is 0.0782 e. The summed E-state index contributed by atoms with van der Waals surface area (Å²) in [4.78, 5) is 0. The summed E-state index contributed by atoms with van der Waals surface area (Å²) in [5.41, 5.74) is 5.54. The molecular formula is C10H23NO. The number of rotatable bonds is 5. The molecule has 0 radical (unpaired) electrons. The first kappa shape index (κ1) is 11.9. The number of hydrogen-bond acceptors (Lipinski definition) is 2. The average Bonchev–Trinajstić information content (AvgIpc) is 1.83. The molecule has 2 nitrogen and oxygen atoms in total. The molecule has 2 heteroatoms. The van der Waals surface area contributed by atoms with Crippen LogP contribution in [0.25, 0.3) is 0 Å². The van der Waals surface area contributed by atoms with Crippen LogP contribution in [-0.4, -0.2) is 18.2 Å². The Balaban J connectivity index is 4.04. The normalized spacial score (nSPS) is 17.0. The Bertz CT molecular complexity index is 111. The van der Waals surface area contributed by atoms with Crippen molar-refractivity contribution in [2.24, 2.45) is 11.7 Å². The molecule has 0 aliphatic heterocycles. The van der Waals surface area contributed by atoms with Crippen LogP contribution in [0, 0.1) is 5.92 Å². The van der Waals surface area contributed by atoms with E-state index in [0.717, 1.165) is 6.42 Å². The smallest absolute Gasteiger partial charge is 0.0782 e. The van der Waals surface area contributed by atoms with Crippen LogP contribution in [0.5, 0.6) is 0 Å². The van der Waals surface area contributed by atoms with Gasteiger partial charge in [-0.2, -0.15) is 0 Å². The zero-order valence-electron chi connectivity index (χ0n) is 9.05. The molecule has 0 heterocycles. The minimum Gasteiger partial charge on any atom is -0.371 e. The molecule has 0 aliphatic rings. The first-order valence-electron chi connectivity index (χ1n) is 4.77. The molecule has 0 aromatic rings. The third-order valence-electron chi connectivity index (χ3n) is 1.79. The quantitative estimate of drug-likeness (QED) is 0.691. The molecule has 0 saturated carbocycles.